The summed E-state index contributed by atoms with van der Waals surface area (Å²) in [7, 11) is 0. The van der Waals surface area contributed by atoms with Crippen molar-refractivity contribution < 1.29 is 9.53 Å². The maximum Gasteiger partial charge on any atom is 0.419 e. The largest absolute Gasteiger partial charge is 0.444 e. The van der Waals surface area contributed by atoms with E-state index in [2.05, 4.69) is 31.0 Å². The van der Waals surface area contributed by atoms with Gasteiger partial charge in [0.05, 0.1) is 0 Å². The molecule has 0 aliphatic heterocycles. The number of rotatable bonds is 4. The highest BCUT2D eigenvalue weighted by molar-refractivity contribution is 6.33. The van der Waals surface area contributed by atoms with Gasteiger partial charge in [0, 0.05) is 33.9 Å². The second-order valence-corrected chi connectivity index (χ2v) is 7.30. The molecular formula is C21H20Cl2N2O2. The van der Waals surface area contributed by atoms with Gasteiger partial charge in [0.25, 0.3) is 0 Å². The van der Waals surface area contributed by atoms with Gasteiger partial charge in [-0.05, 0) is 48.7 Å². The molecule has 0 amide bonds. The Bertz CT molecular complexity index is 982. The molecule has 1 heterocycles. The van der Waals surface area contributed by atoms with Crippen molar-refractivity contribution in [3.63, 3.8) is 0 Å². The van der Waals surface area contributed by atoms with Crippen LogP contribution in [0.5, 0.6) is 0 Å². The number of hydrogen-bond acceptors (Lipinski definition) is 3. The maximum absolute atomic E-state index is 12.6. The van der Waals surface area contributed by atoms with E-state index in [4.69, 9.17) is 27.9 Å². The lowest BCUT2D eigenvalue weighted by Crippen LogP contribution is -2.18. The van der Waals surface area contributed by atoms with Crippen molar-refractivity contribution in [3.05, 3.63) is 86.9 Å². The Morgan fingerprint density at radius 3 is 2.78 bits per heavy atom. The van der Waals surface area contributed by atoms with Crippen LogP contribution in [0.2, 0.25) is 10.0 Å². The topological polar surface area (TPSA) is 44.1 Å². The average molecular weight is 403 g/mol. The molecule has 4 nitrogen and oxygen atoms in total. The van der Waals surface area contributed by atoms with Gasteiger partial charge < -0.3 is 4.74 Å². The minimum Gasteiger partial charge on any atom is -0.444 e. The van der Waals surface area contributed by atoms with Crippen molar-refractivity contribution in [1.29, 1.82) is 0 Å². The van der Waals surface area contributed by atoms with Gasteiger partial charge in [-0.15, -0.1) is 0 Å². The van der Waals surface area contributed by atoms with Crippen molar-refractivity contribution >= 4 is 29.3 Å². The zero-order chi connectivity index (χ0) is 19.6. The summed E-state index contributed by atoms with van der Waals surface area (Å²) in [5.74, 6) is 0.577. The van der Waals surface area contributed by atoms with Crippen LogP contribution < -0.4 is 0 Å². The number of imidazole rings is 1. The lowest BCUT2D eigenvalue weighted by Gasteiger charge is -2.17. The Labute approximate surface area is 168 Å². The number of ether oxygens (including phenoxy) is 1. The number of aromatic nitrogens is 2. The summed E-state index contributed by atoms with van der Waals surface area (Å²) in [6.07, 6.45) is 2.71. The highest BCUT2D eigenvalue weighted by Gasteiger charge is 2.21. The van der Waals surface area contributed by atoms with Crippen molar-refractivity contribution in [3.8, 4) is 0 Å². The molecule has 0 radical (unpaired) electrons. The van der Waals surface area contributed by atoms with E-state index in [9.17, 15) is 4.79 Å². The molecule has 1 atom stereocenters. The Morgan fingerprint density at radius 1 is 1.22 bits per heavy atom. The first-order chi connectivity index (χ1) is 12.9. The zero-order valence-electron chi connectivity index (χ0n) is 15.4. The molecule has 3 rings (SSSR count). The van der Waals surface area contributed by atoms with Gasteiger partial charge in [-0.25, -0.2) is 14.3 Å². The van der Waals surface area contributed by atoms with Crippen LogP contribution in [-0.4, -0.2) is 15.6 Å². The second kappa shape index (κ2) is 8.15. The summed E-state index contributed by atoms with van der Waals surface area (Å²) in [4.78, 5) is 17.0. The van der Waals surface area contributed by atoms with Crippen LogP contribution in [0.15, 0.2) is 48.8 Å². The summed E-state index contributed by atoms with van der Waals surface area (Å²) in [6.45, 7) is 6.21. The highest BCUT2D eigenvalue weighted by atomic mass is 35.5. The molecule has 6 heteroatoms. The fourth-order valence-corrected chi connectivity index (χ4v) is 3.40. The molecule has 0 saturated carbocycles. The molecule has 2 aromatic carbocycles. The van der Waals surface area contributed by atoms with E-state index < -0.39 is 6.09 Å². The van der Waals surface area contributed by atoms with Gasteiger partial charge in [0.2, 0.25) is 0 Å². The first kappa shape index (κ1) is 19.5. The van der Waals surface area contributed by atoms with Crippen LogP contribution in [0.3, 0.4) is 0 Å². The van der Waals surface area contributed by atoms with Crippen LogP contribution in [0.4, 0.5) is 4.79 Å². The van der Waals surface area contributed by atoms with Crippen molar-refractivity contribution in [1.82, 2.24) is 9.55 Å². The summed E-state index contributed by atoms with van der Waals surface area (Å²) in [5.41, 5.74) is 4.18. The van der Waals surface area contributed by atoms with E-state index in [0.717, 1.165) is 5.56 Å². The van der Waals surface area contributed by atoms with Gasteiger partial charge in [0.1, 0.15) is 12.4 Å². The molecule has 140 valence electrons. The monoisotopic (exact) mass is 402 g/mol. The normalized spacial score (nSPS) is 12.0. The van der Waals surface area contributed by atoms with Crippen LogP contribution in [0.1, 0.15) is 40.9 Å². The molecule has 0 bridgehead atoms. The predicted molar refractivity (Wildman–Crippen MR) is 108 cm³/mol. The van der Waals surface area contributed by atoms with E-state index in [1.165, 1.54) is 15.7 Å². The van der Waals surface area contributed by atoms with Gasteiger partial charge in [-0.2, -0.15) is 0 Å². The molecule has 0 N–H and O–H groups in total. The van der Waals surface area contributed by atoms with Gasteiger partial charge in [0.15, 0.2) is 0 Å². The summed E-state index contributed by atoms with van der Waals surface area (Å²) in [5, 5.41) is 1.04. The lowest BCUT2D eigenvalue weighted by atomic mass is 9.93. The lowest BCUT2D eigenvalue weighted by molar-refractivity contribution is 0.140. The van der Waals surface area contributed by atoms with Crippen molar-refractivity contribution in [2.45, 2.75) is 33.3 Å². The third-order valence-electron chi connectivity index (χ3n) is 4.73. The zero-order valence-corrected chi connectivity index (χ0v) is 16.9. The summed E-state index contributed by atoms with van der Waals surface area (Å²) in [6, 6.07) is 11.2. The minimum atomic E-state index is -0.504. The molecule has 0 aliphatic carbocycles. The van der Waals surface area contributed by atoms with Crippen molar-refractivity contribution in [2.75, 3.05) is 0 Å². The van der Waals surface area contributed by atoms with E-state index in [0.29, 0.717) is 21.4 Å². The molecule has 27 heavy (non-hydrogen) atoms. The molecular weight excluding hydrogens is 383 g/mol. The first-order valence-electron chi connectivity index (χ1n) is 8.59. The maximum atomic E-state index is 12.6. The van der Waals surface area contributed by atoms with Crippen molar-refractivity contribution in [2.24, 2.45) is 0 Å². The number of halogens is 2. The van der Waals surface area contributed by atoms with E-state index >= 15 is 0 Å². The average Bonchev–Trinajstić information content (AvgIpc) is 3.14. The Kier molecular flexibility index (Phi) is 5.88. The van der Waals surface area contributed by atoms with E-state index in [1.807, 2.05) is 13.0 Å². The molecule has 1 aromatic heterocycles. The Hall–Kier alpha value is -2.30. The first-order valence-corrected chi connectivity index (χ1v) is 9.34. The summed E-state index contributed by atoms with van der Waals surface area (Å²) >= 11 is 12.1. The van der Waals surface area contributed by atoms with Gasteiger partial charge in [-0.1, -0.05) is 48.3 Å². The number of hydrogen-bond donors (Lipinski definition) is 0. The van der Waals surface area contributed by atoms with Crippen LogP contribution in [0.25, 0.3) is 0 Å². The van der Waals surface area contributed by atoms with Gasteiger partial charge >= 0.3 is 6.09 Å². The van der Waals surface area contributed by atoms with Crippen LogP contribution in [0, 0.1) is 13.8 Å². The predicted octanol–water partition coefficient (Wildman–Crippen LogP) is 6.14. The molecule has 0 aliphatic rings. The molecule has 0 fully saturated rings. The van der Waals surface area contributed by atoms with Gasteiger partial charge in [-0.3, -0.25) is 0 Å². The number of carbonyl (C=O) groups is 1. The Morgan fingerprint density at radius 2 is 2.00 bits per heavy atom. The molecule has 3 aromatic rings. The van der Waals surface area contributed by atoms with E-state index in [-0.39, 0.29) is 12.5 Å². The van der Waals surface area contributed by atoms with Crippen LogP contribution >= 0.6 is 23.2 Å². The molecule has 0 unspecified atom stereocenters. The number of carbonyl (C=O) groups excluding carboxylic acids is 1. The highest BCUT2D eigenvalue weighted by Crippen LogP contribution is 2.27. The number of nitrogens with zero attached hydrogens (tertiary/aromatic N) is 2. The standard InChI is InChI=1S/C21H20Cl2N2O2/c1-13-5-4-6-18(14(13)2)15(3)20-24-9-10-25(20)21(26)27-12-16-11-17(22)7-8-19(16)23/h4-11,15H,12H2,1-3H3/t15-/m0/s1. The fourth-order valence-electron chi connectivity index (χ4n) is 3.03. The number of benzene rings is 2. The second-order valence-electron chi connectivity index (χ2n) is 6.46. The minimum absolute atomic E-state index is 0.0354. The Balaban J connectivity index is 1.80. The van der Waals surface area contributed by atoms with E-state index in [1.54, 1.807) is 30.6 Å². The number of aryl methyl sites for hydroxylation is 1. The van der Waals surface area contributed by atoms with Crippen LogP contribution in [-0.2, 0) is 11.3 Å². The SMILES string of the molecule is Cc1cccc([C@H](C)c2nccn2C(=O)OCc2cc(Cl)ccc2Cl)c1C. The third-order valence-corrected chi connectivity index (χ3v) is 5.33. The fraction of sp³-hybridized carbons (Fsp3) is 0.238. The quantitative estimate of drug-likeness (QED) is 0.525. The molecule has 0 saturated heterocycles. The third kappa shape index (κ3) is 4.18. The smallest absolute Gasteiger partial charge is 0.419 e. The summed E-state index contributed by atoms with van der Waals surface area (Å²) < 4.78 is 6.87. The molecule has 0 spiro atoms.